The van der Waals surface area contributed by atoms with Gasteiger partial charge in [-0.3, -0.25) is 9.36 Å². The molecule has 6 heteroatoms. The summed E-state index contributed by atoms with van der Waals surface area (Å²) in [4.78, 5) is 15.8. The standard InChI is InChI=1S/C17H15FN2O2S/c1-2-15(16(21)22)23-17-19-12-8-4-6-10-14(12)20(17)13-9-5-3-7-11(13)18/h3-10,15H,2H2,1H3,(H,21,22). The van der Waals surface area contributed by atoms with E-state index in [0.717, 1.165) is 17.3 Å². The number of fused-ring (bicyclic) bond motifs is 1. The van der Waals surface area contributed by atoms with E-state index in [4.69, 9.17) is 0 Å². The molecule has 0 amide bonds. The van der Waals surface area contributed by atoms with Crippen molar-refractivity contribution >= 4 is 28.8 Å². The van der Waals surface area contributed by atoms with Crippen molar-refractivity contribution in [3.63, 3.8) is 0 Å². The van der Waals surface area contributed by atoms with E-state index >= 15 is 0 Å². The normalized spacial score (nSPS) is 12.4. The van der Waals surface area contributed by atoms with Crippen LogP contribution < -0.4 is 0 Å². The smallest absolute Gasteiger partial charge is 0.317 e. The Morgan fingerprint density at radius 1 is 1.26 bits per heavy atom. The SMILES string of the molecule is CCC(Sc1nc2ccccc2n1-c1ccccc1F)C(=O)O. The number of aromatic nitrogens is 2. The summed E-state index contributed by atoms with van der Waals surface area (Å²) in [6.07, 6.45) is 0.459. The predicted molar refractivity (Wildman–Crippen MR) is 88.6 cm³/mol. The number of halogens is 1. The maximum atomic E-state index is 14.3. The van der Waals surface area contributed by atoms with Gasteiger partial charge >= 0.3 is 5.97 Å². The molecule has 1 unspecified atom stereocenters. The molecule has 23 heavy (non-hydrogen) atoms. The van der Waals surface area contributed by atoms with E-state index < -0.39 is 11.2 Å². The Morgan fingerprint density at radius 3 is 2.65 bits per heavy atom. The molecule has 2 aromatic carbocycles. The zero-order valence-electron chi connectivity index (χ0n) is 12.4. The lowest BCUT2D eigenvalue weighted by atomic mass is 10.2. The highest BCUT2D eigenvalue weighted by atomic mass is 32.2. The molecule has 0 saturated carbocycles. The Morgan fingerprint density at radius 2 is 1.96 bits per heavy atom. The molecule has 0 saturated heterocycles. The van der Waals surface area contributed by atoms with Crippen molar-refractivity contribution in [2.24, 2.45) is 0 Å². The van der Waals surface area contributed by atoms with Crippen molar-refractivity contribution in [3.8, 4) is 5.69 Å². The molecular weight excluding hydrogens is 315 g/mol. The summed E-state index contributed by atoms with van der Waals surface area (Å²) in [5.74, 6) is -1.27. The lowest BCUT2D eigenvalue weighted by Crippen LogP contribution is -2.16. The lowest BCUT2D eigenvalue weighted by Gasteiger charge is -2.12. The summed E-state index contributed by atoms with van der Waals surface area (Å²) in [6, 6.07) is 13.8. The number of thioether (sulfide) groups is 1. The average Bonchev–Trinajstić information content (AvgIpc) is 2.90. The van der Waals surface area contributed by atoms with Crippen molar-refractivity contribution in [2.45, 2.75) is 23.8 Å². The van der Waals surface area contributed by atoms with Crippen molar-refractivity contribution in [2.75, 3.05) is 0 Å². The van der Waals surface area contributed by atoms with Gasteiger partial charge in [0.05, 0.1) is 16.7 Å². The quantitative estimate of drug-likeness (QED) is 0.715. The van der Waals surface area contributed by atoms with Gasteiger partial charge in [-0.15, -0.1) is 0 Å². The zero-order chi connectivity index (χ0) is 16.4. The van der Waals surface area contributed by atoms with Crippen LogP contribution in [0, 0.1) is 5.82 Å². The van der Waals surface area contributed by atoms with Crippen LogP contribution in [0.25, 0.3) is 16.7 Å². The molecule has 3 rings (SSSR count). The van der Waals surface area contributed by atoms with Gasteiger partial charge in [0.25, 0.3) is 0 Å². The Hall–Kier alpha value is -2.34. The van der Waals surface area contributed by atoms with E-state index in [9.17, 15) is 14.3 Å². The number of carbonyl (C=O) groups is 1. The number of carboxylic acids is 1. The molecule has 1 atom stereocenters. The molecule has 1 N–H and O–H groups in total. The molecule has 0 bridgehead atoms. The van der Waals surface area contributed by atoms with E-state index in [1.807, 2.05) is 31.2 Å². The second-order valence-corrected chi connectivity index (χ2v) is 6.19. The van der Waals surface area contributed by atoms with Gasteiger partial charge in [-0.25, -0.2) is 9.37 Å². The Kier molecular flexibility index (Phi) is 4.34. The number of carboxylic acid groups (broad SMARTS) is 1. The summed E-state index contributed by atoms with van der Waals surface area (Å²) in [7, 11) is 0. The first-order chi connectivity index (χ1) is 11.1. The maximum absolute atomic E-state index is 14.3. The fourth-order valence-electron chi connectivity index (χ4n) is 2.38. The second kappa shape index (κ2) is 6.42. The minimum Gasteiger partial charge on any atom is -0.480 e. The first-order valence-electron chi connectivity index (χ1n) is 7.23. The Balaban J connectivity index is 2.20. The number of imidazole rings is 1. The van der Waals surface area contributed by atoms with Gasteiger partial charge in [0.2, 0.25) is 0 Å². The predicted octanol–water partition coefficient (Wildman–Crippen LogP) is 4.12. The number of aliphatic carboxylic acids is 1. The lowest BCUT2D eigenvalue weighted by molar-refractivity contribution is -0.136. The molecule has 1 aromatic heterocycles. The summed E-state index contributed by atoms with van der Waals surface area (Å²) >= 11 is 1.14. The zero-order valence-corrected chi connectivity index (χ0v) is 13.3. The molecule has 0 fully saturated rings. The van der Waals surface area contributed by atoms with E-state index in [2.05, 4.69) is 4.98 Å². The van der Waals surface area contributed by atoms with Crippen molar-refractivity contribution in [3.05, 3.63) is 54.3 Å². The molecule has 1 heterocycles. The minimum atomic E-state index is -0.898. The maximum Gasteiger partial charge on any atom is 0.317 e. The summed E-state index contributed by atoms with van der Waals surface area (Å²) in [5, 5.41) is 9.14. The topological polar surface area (TPSA) is 55.1 Å². The van der Waals surface area contributed by atoms with Crippen LogP contribution in [-0.4, -0.2) is 25.9 Å². The highest BCUT2D eigenvalue weighted by Crippen LogP contribution is 2.32. The van der Waals surface area contributed by atoms with E-state index in [1.54, 1.807) is 22.8 Å². The molecule has 118 valence electrons. The van der Waals surface area contributed by atoms with Gasteiger partial charge in [-0.05, 0) is 30.7 Å². The Bertz CT molecular complexity index is 863. The van der Waals surface area contributed by atoms with Crippen LogP contribution in [0.3, 0.4) is 0 Å². The van der Waals surface area contributed by atoms with Gasteiger partial charge in [0.1, 0.15) is 11.1 Å². The van der Waals surface area contributed by atoms with E-state index in [0.29, 0.717) is 22.8 Å². The fraction of sp³-hybridized carbons (Fsp3) is 0.176. The van der Waals surface area contributed by atoms with Crippen LogP contribution in [0.15, 0.2) is 53.7 Å². The molecule has 0 aliphatic carbocycles. The van der Waals surface area contributed by atoms with Crippen molar-refractivity contribution < 1.29 is 14.3 Å². The average molecular weight is 330 g/mol. The number of nitrogens with zero attached hydrogens (tertiary/aromatic N) is 2. The third-order valence-corrected chi connectivity index (χ3v) is 4.82. The van der Waals surface area contributed by atoms with Crippen LogP contribution >= 0.6 is 11.8 Å². The van der Waals surface area contributed by atoms with Crippen LogP contribution in [0.2, 0.25) is 0 Å². The highest BCUT2D eigenvalue weighted by Gasteiger charge is 2.22. The van der Waals surface area contributed by atoms with Gasteiger partial charge in [0, 0.05) is 0 Å². The molecule has 0 aliphatic heterocycles. The molecule has 0 radical (unpaired) electrons. The number of hydrogen-bond acceptors (Lipinski definition) is 3. The Labute approximate surface area is 137 Å². The first-order valence-corrected chi connectivity index (χ1v) is 8.11. The first kappa shape index (κ1) is 15.6. The molecular formula is C17H15FN2O2S. The minimum absolute atomic E-state index is 0.365. The van der Waals surface area contributed by atoms with Gasteiger partial charge in [-0.1, -0.05) is 43.0 Å². The molecule has 4 nitrogen and oxygen atoms in total. The molecule has 0 aliphatic rings. The second-order valence-electron chi connectivity index (χ2n) is 5.02. The third-order valence-electron chi connectivity index (χ3n) is 3.52. The number of benzene rings is 2. The number of hydrogen-bond donors (Lipinski definition) is 1. The largest absolute Gasteiger partial charge is 0.480 e. The third kappa shape index (κ3) is 2.94. The van der Waals surface area contributed by atoms with Crippen LogP contribution in [0.1, 0.15) is 13.3 Å². The summed E-state index contributed by atoms with van der Waals surface area (Å²) < 4.78 is 15.9. The van der Waals surface area contributed by atoms with Crippen LogP contribution in [0.5, 0.6) is 0 Å². The van der Waals surface area contributed by atoms with Crippen LogP contribution in [0.4, 0.5) is 4.39 Å². The fourth-order valence-corrected chi connectivity index (χ4v) is 3.36. The van der Waals surface area contributed by atoms with Crippen molar-refractivity contribution in [1.29, 1.82) is 0 Å². The molecule has 3 aromatic rings. The van der Waals surface area contributed by atoms with Crippen molar-refractivity contribution in [1.82, 2.24) is 9.55 Å². The molecule has 0 spiro atoms. The number of rotatable bonds is 5. The highest BCUT2D eigenvalue weighted by molar-refractivity contribution is 8.00. The van der Waals surface area contributed by atoms with Gasteiger partial charge in [-0.2, -0.15) is 0 Å². The summed E-state index contributed by atoms with van der Waals surface area (Å²) in [5.41, 5.74) is 1.82. The van der Waals surface area contributed by atoms with Gasteiger partial charge < -0.3 is 5.11 Å². The van der Waals surface area contributed by atoms with E-state index in [-0.39, 0.29) is 5.82 Å². The summed E-state index contributed by atoms with van der Waals surface area (Å²) in [6.45, 7) is 1.81. The monoisotopic (exact) mass is 330 g/mol. The van der Waals surface area contributed by atoms with Gasteiger partial charge in [0.15, 0.2) is 5.16 Å². The van der Waals surface area contributed by atoms with E-state index in [1.165, 1.54) is 6.07 Å². The van der Waals surface area contributed by atoms with Crippen LogP contribution in [-0.2, 0) is 4.79 Å². The number of para-hydroxylation sites is 3.